The van der Waals surface area contributed by atoms with E-state index in [1.165, 1.54) is 6.20 Å². The minimum Gasteiger partial charge on any atom is -0.462 e. The van der Waals surface area contributed by atoms with E-state index in [1.54, 1.807) is 6.92 Å². The lowest BCUT2D eigenvalue weighted by molar-refractivity contribution is 0.0526. The van der Waals surface area contributed by atoms with Crippen molar-refractivity contribution in [3.8, 4) is 11.1 Å². The van der Waals surface area contributed by atoms with Crippen LogP contribution in [0.5, 0.6) is 0 Å². The number of carbonyl (C=O) groups is 1. The number of carbonyl (C=O) groups excluding carboxylic acids is 1. The average molecular weight is 355 g/mol. The number of nitrogens with zero attached hydrogens (tertiary/aromatic N) is 1. The van der Waals surface area contributed by atoms with Crippen LogP contribution < -0.4 is 0 Å². The summed E-state index contributed by atoms with van der Waals surface area (Å²) in [6.07, 6.45) is 1.46. The highest BCUT2D eigenvalue weighted by atomic mass is 79.9. The number of aryl methyl sites for hydroxylation is 1. The molecule has 0 spiro atoms. The van der Waals surface area contributed by atoms with Crippen molar-refractivity contribution in [3.05, 3.63) is 51.2 Å². The van der Waals surface area contributed by atoms with Crippen LogP contribution in [0.1, 0.15) is 23.0 Å². The number of rotatable bonds is 3. The van der Waals surface area contributed by atoms with E-state index < -0.39 is 5.97 Å². The Labute approximate surface area is 131 Å². The molecule has 1 aromatic heterocycles. The van der Waals surface area contributed by atoms with Crippen molar-refractivity contribution in [1.29, 1.82) is 0 Å². The van der Waals surface area contributed by atoms with E-state index in [-0.39, 0.29) is 5.56 Å². The first kappa shape index (κ1) is 15.0. The Morgan fingerprint density at radius 2 is 2.00 bits per heavy atom. The number of ether oxygens (including phenoxy) is 1. The first-order valence-electron chi connectivity index (χ1n) is 6.12. The fraction of sp³-hybridized carbons (Fsp3) is 0.200. The molecule has 0 unspecified atom stereocenters. The van der Waals surface area contributed by atoms with Crippen LogP contribution >= 0.6 is 27.5 Å². The van der Waals surface area contributed by atoms with Crippen molar-refractivity contribution >= 4 is 33.5 Å². The molecule has 0 aliphatic heterocycles. The Morgan fingerprint density at radius 3 is 2.60 bits per heavy atom. The molecular formula is C15H13BrClNO2. The predicted molar refractivity (Wildman–Crippen MR) is 83.1 cm³/mol. The molecule has 0 atom stereocenters. The largest absolute Gasteiger partial charge is 0.462 e. The second-order valence-corrected chi connectivity index (χ2v) is 5.47. The molecule has 0 amide bonds. The molecule has 1 aromatic carbocycles. The van der Waals surface area contributed by atoms with E-state index in [0.717, 1.165) is 21.3 Å². The molecule has 5 heteroatoms. The Bertz CT molecular complexity index is 641. The van der Waals surface area contributed by atoms with Crippen molar-refractivity contribution in [2.75, 3.05) is 6.61 Å². The summed E-state index contributed by atoms with van der Waals surface area (Å²) in [5.74, 6) is -0.455. The number of aromatic nitrogens is 1. The van der Waals surface area contributed by atoms with Crippen molar-refractivity contribution in [2.45, 2.75) is 13.8 Å². The molecule has 2 rings (SSSR count). The molecule has 0 aliphatic carbocycles. The number of hydrogen-bond acceptors (Lipinski definition) is 3. The normalized spacial score (nSPS) is 10.4. The van der Waals surface area contributed by atoms with Gasteiger partial charge >= 0.3 is 5.97 Å². The van der Waals surface area contributed by atoms with Gasteiger partial charge < -0.3 is 4.74 Å². The molecule has 104 valence electrons. The lowest BCUT2D eigenvalue weighted by Gasteiger charge is -2.11. The van der Waals surface area contributed by atoms with Gasteiger partial charge in [-0.25, -0.2) is 4.79 Å². The maximum Gasteiger partial charge on any atom is 0.341 e. The fourth-order valence-corrected chi connectivity index (χ4v) is 2.52. The Morgan fingerprint density at radius 1 is 1.35 bits per heavy atom. The standard InChI is InChI=1S/C15H13BrClNO2/c1-3-20-15(19)12-8-18-9(2)13(14(12)17)10-4-6-11(16)7-5-10/h4-8H,3H2,1-2H3. The summed E-state index contributed by atoms with van der Waals surface area (Å²) in [5.41, 5.74) is 2.72. The Kier molecular flexibility index (Phi) is 4.78. The van der Waals surface area contributed by atoms with Gasteiger partial charge in [-0.3, -0.25) is 4.98 Å². The maximum atomic E-state index is 11.9. The van der Waals surface area contributed by atoms with E-state index in [0.29, 0.717) is 11.6 Å². The van der Waals surface area contributed by atoms with Gasteiger partial charge in [0, 0.05) is 21.9 Å². The summed E-state index contributed by atoms with van der Waals surface area (Å²) in [5, 5.41) is 0.373. The second kappa shape index (κ2) is 6.37. The summed E-state index contributed by atoms with van der Waals surface area (Å²) in [4.78, 5) is 16.1. The minimum absolute atomic E-state index is 0.289. The van der Waals surface area contributed by atoms with Crippen LogP contribution in [0.2, 0.25) is 5.02 Å². The summed E-state index contributed by atoms with van der Waals surface area (Å²) in [6, 6.07) is 7.69. The molecule has 1 heterocycles. The molecule has 0 radical (unpaired) electrons. The van der Waals surface area contributed by atoms with Crippen molar-refractivity contribution in [2.24, 2.45) is 0 Å². The summed E-state index contributed by atoms with van der Waals surface area (Å²) < 4.78 is 5.96. The summed E-state index contributed by atoms with van der Waals surface area (Å²) in [6.45, 7) is 3.91. The third-order valence-electron chi connectivity index (χ3n) is 2.83. The molecule has 2 aromatic rings. The first-order chi connectivity index (χ1) is 9.54. The molecule has 20 heavy (non-hydrogen) atoms. The van der Waals surface area contributed by atoms with Crippen LogP contribution in [0.3, 0.4) is 0 Å². The van der Waals surface area contributed by atoms with Gasteiger partial charge in [0.2, 0.25) is 0 Å². The molecule has 0 bridgehead atoms. The van der Waals surface area contributed by atoms with Crippen LogP contribution in [0, 0.1) is 6.92 Å². The second-order valence-electron chi connectivity index (χ2n) is 4.17. The van der Waals surface area contributed by atoms with Gasteiger partial charge in [-0.05, 0) is 31.5 Å². The van der Waals surface area contributed by atoms with Gasteiger partial charge in [0.1, 0.15) is 0 Å². The number of halogens is 2. The lowest BCUT2D eigenvalue weighted by Crippen LogP contribution is -2.07. The fourth-order valence-electron chi connectivity index (χ4n) is 1.88. The zero-order valence-electron chi connectivity index (χ0n) is 11.1. The van der Waals surface area contributed by atoms with E-state index in [4.69, 9.17) is 16.3 Å². The van der Waals surface area contributed by atoms with E-state index in [9.17, 15) is 4.79 Å². The summed E-state index contributed by atoms with van der Waals surface area (Å²) in [7, 11) is 0. The molecule has 0 aliphatic rings. The average Bonchev–Trinajstić information content (AvgIpc) is 2.41. The highest BCUT2D eigenvalue weighted by Gasteiger charge is 2.18. The molecular weight excluding hydrogens is 342 g/mol. The topological polar surface area (TPSA) is 39.2 Å². The number of pyridine rings is 1. The first-order valence-corrected chi connectivity index (χ1v) is 7.29. The highest BCUT2D eigenvalue weighted by molar-refractivity contribution is 9.10. The van der Waals surface area contributed by atoms with E-state index >= 15 is 0 Å². The molecule has 0 saturated heterocycles. The Hall–Kier alpha value is -1.39. The third-order valence-corrected chi connectivity index (χ3v) is 3.75. The number of benzene rings is 1. The predicted octanol–water partition coefficient (Wildman–Crippen LogP) is 4.65. The van der Waals surface area contributed by atoms with E-state index in [2.05, 4.69) is 20.9 Å². The van der Waals surface area contributed by atoms with Gasteiger partial charge in [-0.2, -0.15) is 0 Å². The van der Waals surface area contributed by atoms with Crippen LogP contribution in [-0.4, -0.2) is 17.6 Å². The maximum absolute atomic E-state index is 11.9. The third kappa shape index (κ3) is 3.02. The minimum atomic E-state index is -0.455. The van der Waals surface area contributed by atoms with Crippen LogP contribution in [0.4, 0.5) is 0 Å². The highest BCUT2D eigenvalue weighted by Crippen LogP contribution is 2.33. The van der Waals surface area contributed by atoms with Crippen LogP contribution in [-0.2, 0) is 4.74 Å². The zero-order chi connectivity index (χ0) is 14.7. The van der Waals surface area contributed by atoms with Crippen LogP contribution in [0.25, 0.3) is 11.1 Å². The monoisotopic (exact) mass is 353 g/mol. The quantitative estimate of drug-likeness (QED) is 0.753. The summed E-state index contributed by atoms with van der Waals surface area (Å²) >= 11 is 9.76. The van der Waals surface area contributed by atoms with Crippen LogP contribution in [0.15, 0.2) is 34.9 Å². The Balaban J connectivity index is 2.55. The molecule has 3 nitrogen and oxygen atoms in total. The van der Waals surface area contributed by atoms with Gasteiger partial charge in [-0.15, -0.1) is 0 Å². The SMILES string of the molecule is CCOC(=O)c1cnc(C)c(-c2ccc(Br)cc2)c1Cl. The molecule has 0 N–H and O–H groups in total. The molecule has 0 fully saturated rings. The zero-order valence-corrected chi connectivity index (χ0v) is 13.5. The van der Waals surface area contributed by atoms with Crippen molar-refractivity contribution in [1.82, 2.24) is 4.98 Å². The van der Waals surface area contributed by atoms with Gasteiger partial charge in [0.15, 0.2) is 0 Å². The smallest absolute Gasteiger partial charge is 0.341 e. The van der Waals surface area contributed by atoms with Crippen molar-refractivity contribution < 1.29 is 9.53 Å². The molecule has 0 saturated carbocycles. The van der Waals surface area contributed by atoms with Crippen molar-refractivity contribution in [3.63, 3.8) is 0 Å². The lowest BCUT2D eigenvalue weighted by atomic mass is 10.0. The number of hydrogen-bond donors (Lipinski definition) is 0. The van der Waals surface area contributed by atoms with Gasteiger partial charge in [0.25, 0.3) is 0 Å². The van der Waals surface area contributed by atoms with Gasteiger partial charge in [-0.1, -0.05) is 39.7 Å². The van der Waals surface area contributed by atoms with Gasteiger partial charge in [0.05, 0.1) is 17.2 Å². The number of esters is 1. The van der Waals surface area contributed by atoms with E-state index in [1.807, 2.05) is 31.2 Å².